The zero-order valence-corrected chi connectivity index (χ0v) is 18.3. The molecule has 29 heavy (non-hydrogen) atoms. The summed E-state index contributed by atoms with van der Waals surface area (Å²) in [6, 6.07) is 15.6. The molecule has 0 aliphatic heterocycles. The van der Waals surface area contributed by atoms with Crippen LogP contribution in [0.15, 0.2) is 53.7 Å². The number of unbranched alkanes of at least 4 members (excludes halogenated alkanes) is 1. The number of thioether (sulfide) groups is 1. The van der Waals surface area contributed by atoms with Gasteiger partial charge in [0.1, 0.15) is 5.82 Å². The van der Waals surface area contributed by atoms with Crippen LogP contribution in [0, 0.1) is 0 Å². The minimum atomic E-state index is 0.0934. The Morgan fingerprint density at radius 1 is 1.14 bits per heavy atom. The summed E-state index contributed by atoms with van der Waals surface area (Å²) < 4.78 is 0. The van der Waals surface area contributed by atoms with Crippen molar-refractivity contribution in [2.24, 2.45) is 0 Å². The van der Waals surface area contributed by atoms with E-state index in [0.717, 1.165) is 41.7 Å². The highest BCUT2D eigenvalue weighted by Crippen LogP contribution is 2.25. The number of carbonyl (C=O) groups is 1. The first-order valence-electron chi connectivity index (χ1n) is 9.68. The fourth-order valence-electron chi connectivity index (χ4n) is 2.80. The van der Waals surface area contributed by atoms with Crippen molar-refractivity contribution < 1.29 is 4.79 Å². The van der Waals surface area contributed by atoms with Gasteiger partial charge in [0.15, 0.2) is 5.16 Å². The number of carbonyl (C=O) groups excluding carboxylic acids is 1. The van der Waals surface area contributed by atoms with Gasteiger partial charge in [-0.25, -0.2) is 9.97 Å². The number of nitrogens with zero attached hydrogens (tertiary/aromatic N) is 3. The van der Waals surface area contributed by atoms with Gasteiger partial charge in [0.2, 0.25) is 5.91 Å². The van der Waals surface area contributed by atoms with Crippen molar-refractivity contribution in [3.8, 4) is 0 Å². The molecule has 0 atom stereocenters. The molecule has 0 radical (unpaired) electrons. The summed E-state index contributed by atoms with van der Waals surface area (Å²) in [4.78, 5) is 23.4. The molecule has 0 spiro atoms. The van der Waals surface area contributed by atoms with Gasteiger partial charge in [-0.15, -0.1) is 0 Å². The molecule has 0 aliphatic carbocycles. The second kappa shape index (κ2) is 10.5. The van der Waals surface area contributed by atoms with E-state index in [4.69, 9.17) is 11.6 Å². The SMILES string of the molecule is CCCCN(C)C(=O)CSc1nc(NCc2ccc(Cl)cc2)c2ccccc2n1. The van der Waals surface area contributed by atoms with Gasteiger partial charge in [-0.1, -0.05) is 61.0 Å². The van der Waals surface area contributed by atoms with Crippen molar-refractivity contribution in [3.05, 3.63) is 59.1 Å². The van der Waals surface area contributed by atoms with Crippen LogP contribution in [0.1, 0.15) is 25.3 Å². The Morgan fingerprint density at radius 2 is 1.90 bits per heavy atom. The fourth-order valence-corrected chi connectivity index (χ4v) is 3.72. The number of aromatic nitrogens is 2. The van der Waals surface area contributed by atoms with Gasteiger partial charge in [0.05, 0.1) is 11.3 Å². The summed E-state index contributed by atoms with van der Waals surface area (Å²) in [7, 11) is 1.85. The van der Waals surface area contributed by atoms with E-state index in [1.54, 1.807) is 4.90 Å². The number of anilines is 1. The average molecular weight is 429 g/mol. The lowest BCUT2D eigenvalue weighted by atomic mass is 10.2. The van der Waals surface area contributed by atoms with Gasteiger partial charge in [0.25, 0.3) is 0 Å². The Labute approximate surface area is 180 Å². The molecule has 0 saturated carbocycles. The van der Waals surface area contributed by atoms with Crippen LogP contribution in [0.5, 0.6) is 0 Å². The van der Waals surface area contributed by atoms with Gasteiger partial charge in [-0.3, -0.25) is 4.79 Å². The Hall–Kier alpha value is -2.31. The molecule has 7 heteroatoms. The summed E-state index contributed by atoms with van der Waals surface area (Å²) in [6.07, 6.45) is 2.08. The fraction of sp³-hybridized carbons (Fsp3) is 0.318. The van der Waals surface area contributed by atoms with Crippen LogP contribution in [-0.4, -0.2) is 40.1 Å². The number of benzene rings is 2. The van der Waals surface area contributed by atoms with Crippen LogP contribution >= 0.6 is 23.4 Å². The van der Waals surface area contributed by atoms with Crippen LogP contribution in [0.25, 0.3) is 10.9 Å². The van der Waals surface area contributed by atoms with Crippen molar-refractivity contribution in [1.29, 1.82) is 0 Å². The van der Waals surface area contributed by atoms with E-state index in [9.17, 15) is 4.79 Å². The molecule has 152 valence electrons. The number of hydrogen-bond donors (Lipinski definition) is 1. The molecule has 0 unspecified atom stereocenters. The van der Waals surface area contributed by atoms with E-state index in [1.165, 1.54) is 11.8 Å². The number of hydrogen-bond acceptors (Lipinski definition) is 5. The van der Waals surface area contributed by atoms with Crippen LogP contribution < -0.4 is 5.32 Å². The third-order valence-electron chi connectivity index (χ3n) is 4.55. The van der Waals surface area contributed by atoms with E-state index in [2.05, 4.69) is 22.2 Å². The van der Waals surface area contributed by atoms with Crippen molar-refractivity contribution in [2.45, 2.75) is 31.5 Å². The first-order valence-corrected chi connectivity index (χ1v) is 11.0. The molecule has 2 aromatic carbocycles. The van der Waals surface area contributed by atoms with Crippen molar-refractivity contribution in [3.63, 3.8) is 0 Å². The van der Waals surface area contributed by atoms with Gasteiger partial charge in [-0.2, -0.15) is 0 Å². The largest absolute Gasteiger partial charge is 0.365 e. The van der Waals surface area contributed by atoms with Crippen molar-refractivity contribution in [1.82, 2.24) is 14.9 Å². The Morgan fingerprint density at radius 3 is 2.66 bits per heavy atom. The molecular formula is C22H25ClN4OS. The Balaban J connectivity index is 1.73. The zero-order chi connectivity index (χ0) is 20.6. The van der Waals surface area contributed by atoms with Crippen LogP contribution in [-0.2, 0) is 11.3 Å². The lowest BCUT2D eigenvalue weighted by Gasteiger charge is -2.16. The minimum absolute atomic E-state index is 0.0934. The summed E-state index contributed by atoms with van der Waals surface area (Å²) in [5.41, 5.74) is 1.97. The predicted octanol–water partition coefficient (Wildman–Crippen LogP) is 5.25. The van der Waals surface area contributed by atoms with Gasteiger partial charge >= 0.3 is 0 Å². The van der Waals surface area contributed by atoms with Crippen molar-refractivity contribution >= 4 is 46.0 Å². The highest BCUT2D eigenvalue weighted by Gasteiger charge is 2.12. The molecule has 3 aromatic rings. The van der Waals surface area contributed by atoms with E-state index < -0.39 is 0 Å². The predicted molar refractivity (Wildman–Crippen MR) is 122 cm³/mol. The number of para-hydroxylation sites is 1. The van der Waals surface area contributed by atoms with E-state index in [1.807, 2.05) is 55.6 Å². The minimum Gasteiger partial charge on any atom is -0.365 e. The quantitative estimate of drug-likeness (QED) is 0.372. The molecule has 1 heterocycles. The van der Waals surface area contributed by atoms with Gasteiger partial charge < -0.3 is 10.2 Å². The van der Waals surface area contributed by atoms with E-state index in [-0.39, 0.29) is 5.91 Å². The Bertz CT molecular complexity index is 965. The highest BCUT2D eigenvalue weighted by atomic mass is 35.5. The first kappa shape index (κ1) is 21.4. The highest BCUT2D eigenvalue weighted by molar-refractivity contribution is 7.99. The topological polar surface area (TPSA) is 58.1 Å². The number of nitrogens with one attached hydrogen (secondary N) is 1. The normalized spacial score (nSPS) is 10.9. The smallest absolute Gasteiger partial charge is 0.232 e. The number of fused-ring (bicyclic) bond motifs is 1. The maximum atomic E-state index is 12.3. The molecule has 1 aromatic heterocycles. The molecule has 1 N–H and O–H groups in total. The molecule has 1 amide bonds. The van der Waals surface area contributed by atoms with Crippen LogP contribution in [0.3, 0.4) is 0 Å². The Kier molecular flexibility index (Phi) is 7.72. The maximum Gasteiger partial charge on any atom is 0.232 e. The van der Waals surface area contributed by atoms with Gasteiger partial charge in [0, 0.05) is 30.5 Å². The monoisotopic (exact) mass is 428 g/mol. The van der Waals surface area contributed by atoms with Crippen LogP contribution in [0.2, 0.25) is 5.02 Å². The summed E-state index contributed by atoms with van der Waals surface area (Å²) in [5.74, 6) is 1.19. The summed E-state index contributed by atoms with van der Waals surface area (Å²) in [5, 5.41) is 5.67. The molecule has 0 fully saturated rings. The summed E-state index contributed by atoms with van der Waals surface area (Å²) >= 11 is 7.34. The molecule has 5 nitrogen and oxygen atoms in total. The summed E-state index contributed by atoms with van der Waals surface area (Å²) in [6.45, 7) is 3.53. The third kappa shape index (κ3) is 6.08. The van der Waals surface area contributed by atoms with Crippen LogP contribution in [0.4, 0.5) is 5.82 Å². The van der Waals surface area contributed by atoms with E-state index >= 15 is 0 Å². The molecule has 0 saturated heterocycles. The first-order chi connectivity index (χ1) is 14.1. The second-order valence-corrected chi connectivity index (χ2v) is 8.19. The third-order valence-corrected chi connectivity index (χ3v) is 5.64. The molecule has 0 aliphatic rings. The maximum absolute atomic E-state index is 12.3. The van der Waals surface area contributed by atoms with E-state index in [0.29, 0.717) is 22.5 Å². The number of halogens is 1. The lowest BCUT2D eigenvalue weighted by molar-refractivity contribution is -0.127. The molecular weight excluding hydrogens is 404 g/mol. The second-order valence-electron chi connectivity index (χ2n) is 6.81. The van der Waals surface area contributed by atoms with Gasteiger partial charge in [-0.05, 0) is 36.2 Å². The lowest BCUT2D eigenvalue weighted by Crippen LogP contribution is -2.29. The zero-order valence-electron chi connectivity index (χ0n) is 16.7. The molecule has 0 bridgehead atoms. The number of amides is 1. The number of rotatable bonds is 9. The molecule has 3 rings (SSSR count). The van der Waals surface area contributed by atoms with Crippen molar-refractivity contribution in [2.75, 3.05) is 24.7 Å². The standard InChI is InChI=1S/C22H25ClN4OS/c1-3-4-13-27(2)20(28)15-29-22-25-19-8-6-5-7-18(19)21(26-22)24-14-16-9-11-17(23)12-10-16/h5-12H,3-4,13-15H2,1-2H3,(H,24,25,26). The average Bonchev–Trinajstić information content (AvgIpc) is 2.75.